The Balaban J connectivity index is 1.76. The second kappa shape index (κ2) is 8.11. The van der Waals surface area contributed by atoms with Crippen molar-refractivity contribution in [3.05, 3.63) is 78.9 Å². The van der Waals surface area contributed by atoms with E-state index in [2.05, 4.69) is 4.98 Å². The van der Waals surface area contributed by atoms with Crippen molar-refractivity contribution >= 4 is 11.9 Å². The van der Waals surface area contributed by atoms with Gasteiger partial charge in [0.15, 0.2) is 0 Å². The van der Waals surface area contributed by atoms with Crippen molar-refractivity contribution in [2.45, 2.75) is 19.1 Å². The lowest BCUT2D eigenvalue weighted by Crippen LogP contribution is -2.23. The largest absolute Gasteiger partial charge is 0.481 e. The third kappa shape index (κ3) is 4.36. The Bertz CT molecular complexity index is 875. The SMILES string of the molecule is O=C(O)C[C@H](C(=O)OCc1ccccc1)n1ccc(-c2ccncc2)c1. The molecular weight excluding hydrogens is 332 g/mol. The van der Waals surface area contributed by atoms with E-state index in [-0.39, 0.29) is 13.0 Å². The minimum atomic E-state index is -1.06. The highest BCUT2D eigenvalue weighted by Crippen LogP contribution is 2.23. The number of carbonyl (C=O) groups is 2. The molecule has 0 saturated heterocycles. The van der Waals surface area contributed by atoms with Gasteiger partial charge in [0.25, 0.3) is 0 Å². The van der Waals surface area contributed by atoms with Crippen LogP contribution in [-0.4, -0.2) is 26.6 Å². The minimum absolute atomic E-state index is 0.105. The number of nitrogens with zero attached hydrogens (tertiary/aromatic N) is 2. The number of hydrogen-bond acceptors (Lipinski definition) is 4. The van der Waals surface area contributed by atoms with E-state index in [0.717, 1.165) is 16.7 Å². The lowest BCUT2D eigenvalue weighted by molar-refractivity contribution is -0.153. The van der Waals surface area contributed by atoms with Crippen molar-refractivity contribution in [3.8, 4) is 11.1 Å². The highest BCUT2D eigenvalue weighted by atomic mass is 16.5. The summed E-state index contributed by atoms with van der Waals surface area (Å²) in [6.07, 6.45) is 6.43. The normalized spacial score (nSPS) is 11.7. The molecule has 0 unspecified atom stereocenters. The lowest BCUT2D eigenvalue weighted by Gasteiger charge is -2.16. The average Bonchev–Trinajstić information content (AvgIpc) is 3.15. The van der Waals surface area contributed by atoms with Crippen LogP contribution in [0.4, 0.5) is 0 Å². The van der Waals surface area contributed by atoms with Crippen LogP contribution in [0.25, 0.3) is 11.1 Å². The average molecular weight is 350 g/mol. The summed E-state index contributed by atoms with van der Waals surface area (Å²) in [5.41, 5.74) is 2.66. The van der Waals surface area contributed by atoms with E-state index in [1.165, 1.54) is 0 Å². The number of pyridine rings is 1. The van der Waals surface area contributed by atoms with E-state index in [1.54, 1.807) is 29.4 Å². The molecule has 6 heteroatoms. The second-order valence-electron chi connectivity index (χ2n) is 5.79. The maximum absolute atomic E-state index is 12.5. The molecule has 0 spiro atoms. The molecule has 0 aliphatic carbocycles. The molecule has 0 bridgehead atoms. The first-order chi connectivity index (χ1) is 12.6. The lowest BCUT2D eigenvalue weighted by atomic mass is 10.1. The summed E-state index contributed by atoms with van der Waals surface area (Å²) >= 11 is 0. The highest BCUT2D eigenvalue weighted by Gasteiger charge is 2.25. The van der Waals surface area contributed by atoms with E-state index in [9.17, 15) is 14.7 Å². The van der Waals surface area contributed by atoms with E-state index < -0.39 is 18.0 Å². The number of rotatable bonds is 7. The van der Waals surface area contributed by atoms with Gasteiger partial charge < -0.3 is 14.4 Å². The predicted molar refractivity (Wildman–Crippen MR) is 95.2 cm³/mol. The minimum Gasteiger partial charge on any atom is -0.481 e. The fourth-order valence-electron chi connectivity index (χ4n) is 2.62. The molecule has 3 aromatic rings. The molecule has 1 N–H and O–H groups in total. The number of ether oxygens (including phenoxy) is 1. The molecule has 2 aromatic heterocycles. The summed E-state index contributed by atoms with van der Waals surface area (Å²) in [7, 11) is 0. The summed E-state index contributed by atoms with van der Waals surface area (Å²) < 4.78 is 6.91. The first-order valence-corrected chi connectivity index (χ1v) is 8.14. The topological polar surface area (TPSA) is 81.4 Å². The molecule has 0 fully saturated rings. The fourth-order valence-corrected chi connectivity index (χ4v) is 2.62. The first-order valence-electron chi connectivity index (χ1n) is 8.14. The first kappa shape index (κ1) is 17.4. The van der Waals surface area contributed by atoms with Crippen LogP contribution in [0.15, 0.2) is 73.3 Å². The molecule has 3 rings (SSSR count). The van der Waals surface area contributed by atoms with Gasteiger partial charge in [-0.15, -0.1) is 0 Å². The Hall–Kier alpha value is -3.41. The van der Waals surface area contributed by atoms with Crippen LogP contribution < -0.4 is 0 Å². The molecule has 132 valence electrons. The summed E-state index contributed by atoms with van der Waals surface area (Å²) in [6.45, 7) is 0.105. The monoisotopic (exact) mass is 350 g/mol. The van der Waals surface area contributed by atoms with E-state index in [0.29, 0.717) is 0 Å². The van der Waals surface area contributed by atoms with Gasteiger partial charge in [-0.3, -0.25) is 9.78 Å². The third-order valence-corrected chi connectivity index (χ3v) is 3.95. The maximum atomic E-state index is 12.5. The van der Waals surface area contributed by atoms with Gasteiger partial charge in [0.05, 0.1) is 6.42 Å². The van der Waals surface area contributed by atoms with Crippen LogP contribution in [0.5, 0.6) is 0 Å². The maximum Gasteiger partial charge on any atom is 0.330 e. The van der Waals surface area contributed by atoms with Crippen molar-refractivity contribution in [1.82, 2.24) is 9.55 Å². The van der Waals surface area contributed by atoms with Crippen LogP contribution in [0.2, 0.25) is 0 Å². The zero-order valence-corrected chi connectivity index (χ0v) is 14.0. The smallest absolute Gasteiger partial charge is 0.330 e. The van der Waals surface area contributed by atoms with Crippen molar-refractivity contribution < 1.29 is 19.4 Å². The van der Waals surface area contributed by atoms with E-state index in [4.69, 9.17) is 4.74 Å². The Labute approximate surface area is 150 Å². The Morgan fingerprint density at radius 1 is 1.04 bits per heavy atom. The van der Waals surface area contributed by atoms with Crippen LogP contribution in [0.1, 0.15) is 18.0 Å². The third-order valence-electron chi connectivity index (χ3n) is 3.95. The molecule has 26 heavy (non-hydrogen) atoms. The van der Waals surface area contributed by atoms with Gasteiger partial charge >= 0.3 is 11.9 Å². The molecule has 0 aliphatic rings. The van der Waals surface area contributed by atoms with Gasteiger partial charge in [-0.1, -0.05) is 30.3 Å². The van der Waals surface area contributed by atoms with E-state index >= 15 is 0 Å². The summed E-state index contributed by atoms with van der Waals surface area (Å²) in [4.78, 5) is 27.7. The summed E-state index contributed by atoms with van der Waals surface area (Å²) in [6, 6.07) is 13.9. The Morgan fingerprint density at radius 2 is 1.77 bits per heavy atom. The molecule has 0 radical (unpaired) electrons. The molecule has 0 saturated carbocycles. The number of benzene rings is 1. The predicted octanol–water partition coefficient (Wildman–Crippen LogP) is 3.31. The van der Waals surface area contributed by atoms with Gasteiger partial charge in [0, 0.05) is 24.8 Å². The standard InChI is InChI=1S/C20H18N2O4/c23-19(24)12-18(20(25)26-14-15-4-2-1-3-5-15)22-11-8-17(13-22)16-6-9-21-10-7-16/h1-11,13,18H,12,14H2,(H,23,24)/t18-/m1/s1. The van der Waals surface area contributed by atoms with Crippen LogP contribution in [-0.2, 0) is 20.9 Å². The Kier molecular flexibility index (Phi) is 5.43. The molecule has 0 amide bonds. The number of carboxylic acids is 1. The number of aliphatic carboxylic acids is 1. The van der Waals surface area contributed by atoms with E-state index in [1.807, 2.05) is 48.5 Å². The molecule has 0 aliphatic heterocycles. The number of aromatic nitrogens is 2. The number of carbonyl (C=O) groups excluding carboxylic acids is 1. The molecule has 1 aromatic carbocycles. The number of hydrogen-bond donors (Lipinski definition) is 1. The van der Waals surface area contributed by atoms with Crippen molar-refractivity contribution in [2.24, 2.45) is 0 Å². The fraction of sp³-hybridized carbons (Fsp3) is 0.150. The molecule has 6 nitrogen and oxygen atoms in total. The van der Waals surface area contributed by atoms with Gasteiger partial charge in [0.2, 0.25) is 0 Å². The Morgan fingerprint density at radius 3 is 2.46 bits per heavy atom. The molecule has 1 atom stereocenters. The van der Waals surface area contributed by atoms with Gasteiger partial charge in [-0.25, -0.2) is 4.79 Å². The molecule has 2 heterocycles. The van der Waals surface area contributed by atoms with Crippen LogP contribution in [0.3, 0.4) is 0 Å². The van der Waals surface area contributed by atoms with Crippen molar-refractivity contribution in [2.75, 3.05) is 0 Å². The summed E-state index contributed by atoms with van der Waals surface area (Å²) in [5, 5.41) is 9.17. The van der Waals surface area contributed by atoms with Gasteiger partial charge in [0.1, 0.15) is 12.6 Å². The van der Waals surface area contributed by atoms with Gasteiger partial charge in [-0.2, -0.15) is 0 Å². The second-order valence-corrected chi connectivity index (χ2v) is 5.79. The van der Waals surface area contributed by atoms with Gasteiger partial charge in [-0.05, 0) is 34.9 Å². The number of carboxylic acid groups (broad SMARTS) is 1. The van der Waals surface area contributed by atoms with Crippen molar-refractivity contribution in [1.29, 1.82) is 0 Å². The zero-order valence-electron chi connectivity index (χ0n) is 14.0. The number of esters is 1. The van der Waals surface area contributed by atoms with Crippen LogP contribution >= 0.6 is 0 Å². The molecular formula is C20H18N2O4. The quantitative estimate of drug-likeness (QED) is 0.661. The zero-order chi connectivity index (χ0) is 18.4. The van der Waals surface area contributed by atoms with Crippen LogP contribution in [0, 0.1) is 0 Å². The van der Waals surface area contributed by atoms with Crippen molar-refractivity contribution in [3.63, 3.8) is 0 Å². The summed E-state index contributed by atoms with van der Waals surface area (Å²) in [5.74, 6) is -1.64. The highest BCUT2D eigenvalue weighted by molar-refractivity contribution is 5.81.